The van der Waals surface area contributed by atoms with Gasteiger partial charge in [0, 0.05) is 0 Å². The molecule has 0 amide bonds. The van der Waals surface area contributed by atoms with E-state index in [4.69, 9.17) is 9.47 Å². The molecule has 0 saturated carbocycles. The topological polar surface area (TPSA) is 92.3 Å². The average Bonchev–Trinajstić information content (AvgIpc) is 2.92. The minimum Gasteiger partial charge on any atom is -0.497 e. The first-order chi connectivity index (χ1) is 10.2. The first kappa shape index (κ1) is 14.8. The van der Waals surface area contributed by atoms with Crippen LogP contribution in [0.1, 0.15) is 11.7 Å². The zero-order valence-corrected chi connectivity index (χ0v) is 11.6. The summed E-state index contributed by atoms with van der Waals surface area (Å²) < 4.78 is 15.3. The largest absolute Gasteiger partial charge is 0.497 e. The molecule has 6 nitrogen and oxygen atoms in total. The Bertz CT molecular complexity index is 600. The van der Waals surface area contributed by atoms with Crippen LogP contribution in [0.2, 0.25) is 0 Å². The Kier molecular flexibility index (Phi) is 4.42. The van der Waals surface area contributed by atoms with Crippen LogP contribution in [0.25, 0.3) is 0 Å². The van der Waals surface area contributed by atoms with Gasteiger partial charge in [-0.05, 0) is 17.7 Å². The zero-order valence-electron chi connectivity index (χ0n) is 11.6. The van der Waals surface area contributed by atoms with E-state index >= 15 is 0 Å². The number of hydrogen-bond donors (Lipinski definition) is 0. The van der Waals surface area contributed by atoms with Gasteiger partial charge in [0.2, 0.25) is 0 Å². The van der Waals surface area contributed by atoms with E-state index in [1.807, 2.05) is 6.07 Å². The van der Waals surface area contributed by atoms with Crippen LogP contribution in [0.5, 0.6) is 5.75 Å². The van der Waals surface area contributed by atoms with E-state index in [0.717, 1.165) is 0 Å². The predicted octanol–water partition coefficient (Wildman–Crippen LogP) is 1.59. The third kappa shape index (κ3) is 2.67. The second kappa shape index (κ2) is 6.25. The molecule has 1 aromatic carbocycles. The quantitative estimate of drug-likeness (QED) is 0.783. The summed E-state index contributed by atoms with van der Waals surface area (Å²) in [6, 6.07) is 11.0. The van der Waals surface area contributed by atoms with Gasteiger partial charge in [-0.3, -0.25) is 0 Å². The molecule has 6 heteroatoms. The van der Waals surface area contributed by atoms with E-state index in [1.165, 1.54) is 7.11 Å². The third-order valence-electron chi connectivity index (χ3n) is 3.51. The van der Waals surface area contributed by atoms with Crippen molar-refractivity contribution in [2.45, 2.75) is 12.2 Å². The lowest BCUT2D eigenvalue weighted by atomic mass is 9.86. The maximum atomic E-state index is 11.7. The van der Waals surface area contributed by atoms with Crippen molar-refractivity contribution in [3.63, 3.8) is 0 Å². The number of nitriles is 2. The maximum absolute atomic E-state index is 11.7. The van der Waals surface area contributed by atoms with Crippen LogP contribution in [0.15, 0.2) is 24.3 Å². The van der Waals surface area contributed by atoms with Gasteiger partial charge in [0.25, 0.3) is 0 Å². The molecule has 0 spiro atoms. The fourth-order valence-corrected chi connectivity index (χ4v) is 2.40. The number of nitrogens with zero attached hydrogens (tertiary/aromatic N) is 2. The van der Waals surface area contributed by atoms with Gasteiger partial charge in [0.1, 0.15) is 17.8 Å². The van der Waals surface area contributed by atoms with Gasteiger partial charge < -0.3 is 14.2 Å². The minimum atomic E-state index is -1.04. The highest BCUT2D eigenvalue weighted by molar-refractivity contribution is 5.76. The van der Waals surface area contributed by atoms with Crippen molar-refractivity contribution in [3.05, 3.63) is 29.8 Å². The van der Waals surface area contributed by atoms with E-state index in [0.29, 0.717) is 11.3 Å². The highest BCUT2D eigenvalue weighted by Crippen LogP contribution is 2.42. The molecule has 1 aliphatic rings. The number of ether oxygens (including phenoxy) is 3. The van der Waals surface area contributed by atoms with Crippen LogP contribution in [-0.4, -0.2) is 26.3 Å². The summed E-state index contributed by atoms with van der Waals surface area (Å²) in [6.45, 7) is 0. The molecule has 0 aliphatic carbocycles. The van der Waals surface area contributed by atoms with Gasteiger partial charge in [0.05, 0.1) is 32.3 Å². The number of hydrogen-bond acceptors (Lipinski definition) is 6. The Labute approximate surface area is 122 Å². The SMILES string of the molecule is COC(=O)[C@@H]1O[C@H](c2ccc(OC)cc2)[C@@H](C#N)[C@H]1C#N. The standard InChI is InChI=1S/C15H14N2O4/c1-19-10-5-3-9(4-6-10)13-11(7-16)12(8-17)14(21-13)15(18)20-2/h3-6,11-14H,1-2H3/t11-,12+,13+,14+/m0/s1. The van der Waals surface area contributed by atoms with Gasteiger partial charge in [-0.2, -0.15) is 10.5 Å². The van der Waals surface area contributed by atoms with Crippen molar-refractivity contribution >= 4 is 5.97 Å². The van der Waals surface area contributed by atoms with Crippen LogP contribution in [-0.2, 0) is 14.3 Å². The number of carbonyl (C=O) groups is 1. The number of methoxy groups -OCH3 is 2. The fraction of sp³-hybridized carbons (Fsp3) is 0.400. The number of benzene rings is 1. The average molecular weight is 286 g/mol. The second-order valence-corrected chi connectivity index (χ2v) is 4.58. The van der Waals surface area contributed by atoms with Crippen molar-refractivity contribution in [1.29, 1.82) is 10.5 Å². The molecule has 0 radical (unpaired) electrons. The second-order valence-electron chi connectivity index (χ2n) is 4.58. The number of esters is 1. The molecule has 1 aliphatic heterocycles. The Balaban J connectivity index is 2.32. The molecular weight excluding hydrogens is 272 g/mol. The van der Waals surface area contributed by atoms with E-state index in [1.54, 1.807) is 31.4 Å². The number of carbonyl (C=O) groups excluding carboxylic acids is 1. The first-order valence-corrected chi connectivity index (χ1v) is 6.32. The molecule has 0 unspecified atom stereocenters. The lowest BCUT2D eigenvalue weighted by Gasteiger charge is -2.14. The summed E-state index contributed by atoms with van der Waals surface area (Å²) in [5, 5.41) is 18.5. The molecule has 0 aromatic heterocycles. The summed E-state index contributed by atoms with van der Waals surface area (Å²) in [6.07, 6.45) is -1.69. The Hall–Kier alpha value is -2.57. The summed E-state index contributed by atoms with van der Waals surface area (Å²) in [4.78, 5) is 11.7. The van der Waals surface area contributed by atoms with Gasteiger partial charge >= 0.3 is 5.97 Å². The van der Waals surface area contributed by atoms with Crippen molar-refractivity contribution in [3.8, 4) is 17.9 Å². The molecule has 1 heterocycles. The lowest BCUT2D eigenvalue weighted by molar-refractivity contribution is -0.154. The third-order valence-corrected chi connectivity index (χ3v) is 3.51. The van der Waals surface area contributed by atoms with Gasteiger partial charge in [-0.15, -0.1) is 0 Å². The molecule has 0 bridgehead atoms. The van der Waals surface area contributed by atoms with E-state index < -0.39 is 30.0 Å². The molecule has 1 saturated heterocycles. The molecule has 2 rings (SSSR count). The molecule has 108 valence electrons. The summed E-state index contributed by atoms with van der Waals surface area (Å²) in [7, 11) is 2.78. The smallest absolute Gasteiger partial charge is 0.336 e. The Morgan fingerprint density at radius 1 is 1.14 bits per heavy atom. The highest BCUT2D eigenvalue weighted by Gasteiger charge is 2.49. The Morgan fingerprint density at radius 2 is 1.76 bits per heavy atom. The van der Waals surface area contributed by atoms with Crippen molar-refractivity contribution in [1.82, 2.24) is 0 Å². The molecule has 21 heavy (non-hydrogen) atoms. The molecule has 0 N–H and O–H groups in total. The van der Waals surface area contributed by atoms with Gasteiger partial charge in [-0.25, -0.2) is 4.79 Å². The van der Waals surface area contributed by atoms with Crippen molar-refractivity contribution < 1.29 is 19.0 Å². The van der Waals surface area contributed by atoms with Crippen molar-refractivity contribution in [2.75, 3.05) is 14.2 Å². The first-order valence-electron chi connectivity index (χ1n) is 6.32. The van der Waals surface area contributed by atoms with Gasteiger partial charge in [0.15, 0.2) is 6.10 Å². The monoisotopic (exact) mass is 286 g/mol. The molecular formula is C15H14N2O4. The van der Waals surface area contributed by atoms with Crippen LogP contribution < -0.4 is 4.74 Å². The summed E-state index contributed by atoms with van der Waals surface area (Å²) >= 11 is 0. The van der Waals surface area contributed by atoms with E-state index in [9.17, 15) is 15.3 Å². The lowest BCUT2D eigenvalue weighted by Crippen LogP contribution is -2.28. The maximum Gasteiger partial charge on any atom is 0.336 e. The molecule has 1 aromatic rings. The van der Waals surface area contributed by atoms with E-state index in [-0.39, 0.29) is 0 Å². The normalized spacial score (nSPS) is 27.4. The van der Waals surface area contributed by atoms with Crippen LogP contribution in [0, 0.1) is 34.5 Å². The summed E-state index contributed by atoms with van der Waals surface area (Å²) in [5.41, 5.74) is 0.717. The van der Waals surface area contributed by atoms with Gasteiger partial charge in [-0.1, -0.05) is 12.1 Å². The van der Waals surface area contributed by atoms with Crippen LogP contribution in [0.4, 0.5) is 0 Å². The molecule has 1 fully saturated rings. The zero-order chi connectivity index (χ0) is 15.4. The minimum absolute atomic E-state index is 0.641. The number of rotatable bonds is 3. The molecule has 4 atom stereocenters. The van der Waals surface area contributed by atoms with Crippen molar-refractivity contribution in [2.24, 2.45) is 11.8 Å². The summed E-state index contributed by atoms with van der Waals surface area (Å²) in [5.74, 6) is -1.55. The van der Waals surface area contributed by atoms with Crippen LogP contribution in [0.3, 0.4) is 0 Å². The van der Waals surface area contributed by atoms with E-state index in [2.05, 4.69) is 10.8 Å². The Morgan fingerprint density at radius 3 is 2.24 bits per heavy atom. The van der Waals surface area contributed by atoms with Crippen LogP contribution >= 0.6 is 0 Å². The highest BCUT2D eigenvalue weighted by atomic mass is 16.6. The fourth-order valence-electron chi connectivity index (χ4n) is 2.40. The predicted molar refractivity (Wildman–Crippen MR) is 70.8 cm³/mol.